The van der Waals surface area contributed by atoms with Crippen LogP contribution in [0.15, 0.2) is 17.7 Å². The second-order valence-electron chi connectivity index (χ2n) is 4.21. The molecule has 0 aliphatic heterocycles. The van der Waals surface area contributed by atoms with Gasteiger partial charge in [-0.1, -0.05) is 29.3 Å². The summed E-state index contributed by atoms with van der Waals surface area (Å²) in [6.45, 7) is 6.55. The number of aliphatic hydroxyl groups is 1. The molecular weight excluding hydrogens is 172 g/mol. The maximum atomic E-state index is 9.32. The summed E-state index contributed by atoms with van der Waals surface area (Å²) in [5.74, 6) is 0.226. The summed E-state index contributed by atoms with van der Waals surface area (Å²) in [5.41, 5.74) is 6.48. The summed E-state index contributed by atoms with van der Waals surface area (Å²) in [6.07, 6.45) is 2.20. The molecule has 2 rings (SSSR count). The third-order valence-corrected chi connectivity index (χ3v) is 3.04. The highest BCUT2D eigenvalue weighted by molar-refractivity contribution is 5.69. The Kier molecular flexibility index (Phi) is 2.20. The number of aryl methyl sites for hydroxylation is 2. The average molecular weight is 188 g/mol. The van der Waals surface area contributed by atoms with Crippen LogP contribution < -0.4 is 0 Å². The lowest BCUT2D eigenvalue weighted by molar-refractivity contribution is 0.280. The van der Waals surface area contributed by atoms with Crippen molar-refractivity contribution in [2.75, 3.05) is 6.61 Å². The number of hydrogen-bond acceptors (Lipinski definition) is 1. The predicted molar refractivity (Wildman–Crippen MR) is 59.4 cm³/mol. The van der Waals surface area contributed by atoms with E-state index in [0.29, 0.717) is 0 Å². The van der Waals surface area contributed by atoms with Gasteiger partial charge in [0.1, 0.15) is 0 Å². The lowest BCUT2D eigenvalue weighted by atomic mass is 9.94. The molecule has 0 saturated carbocycles. The van der Waals surface area contributed by atoms with Crippen molar-refractivity contribution in [3.63, 3.8) is 0 Å². The molecule has 1 aliphatic rings. The Morgan fingerprint density at radius 1 is 1.21 bits per heavy atom. The Hall–Kier alpha value is -1.08. The van der Waals surface area contributed by atoms with Crippen LogP contribution in [-0.4, -0.2) is 11.7 Å². The molecule has 0 bridgehead atoms. The molecule has 0 fully saturated rings. The van der Waals surface area contributed by atoms with E-state index < -0.39 is 0 Å². The minimum atomic E-state index is 0.220. The van der Waals surface area contributed by atoms with E-state index in [0.717, 1.165) is 0 Å². The van der Waals surface area contributed by atoms with Gasteiger partial charge in [0.15, 0.2) is 0 Å². The molecule has 0 spiro atoms. The van der Waals surface area contributed by atoms with E-state index >= 15 is 0 Å². The van der Waals surface area contributed by atoms with Crippen LogP contribution in [0.5, 0.6) is 0 Å². The Morgan fingerprint density at radius 2 is 1.93 bits per heavy atom. The fourth-order valence-electron chi connectivity index (χ4n) is 2.31. The van der Waals surface area contributed by atoms with Crippen molar-refractivity contribution in [3.8, 4) is 0 Å². The van der Waals surface area contributed by atoms with Crippen LogP contribution in [0.1, 0.15) is 35.1 Å². The fourth-order valence-corrected chi connectivity index (χ4v) is 2.31. The Bertz CT molecular complexity index is 402. The first-order valence-corrected chi connectivity index (χ1v) is 5.03. The van der Waals surface area contributed by atoms with Gasteiger partial charge in [-0.25, -0.2) is 0 Å². The average Bonchev–Trinajstić information content (AvgIpc) is 2.41. The molecule has 1 aromatic carbocycles. The van der Waals surface area contributed by atoms with Crippen LogP contribution in [0.3, 0.4) is 0 Å². The van der Waals surface area contributed by atoms with E-state index in [-0.39, 0.29) is 12.5 Å². The van der Waals surface area contributed by atoms with Gasteiger partial charge in [-0.05, 0) is 37.5 Å². The predicted octanol–water partition coefficient (Wildman–Crippen LogP) is 2.80. The van der Waals surface area contributed by atoms with Crippen molar-refractivity contribution in [2.45, 2.75) is 26.7 Å². The highest BCUT2D eigenvalue weighted by Crippen LogP contribution is 2.37. The molecular formula is C13H16O. The molecule has 74 valence electrons. The van der Waals surface area contributed by atoms with Gasteiger partial charge in [0, 0.05) is 5.92 Å². The minimum Gasteiger partial charge on any atom is -0.395 e. The topological polar surface area (TPSA) is 20.2 Å². The van der Waals surface area contributed by atoms with Crippen molar-refractivity contribution >= 4 is 6.08 Å². The highest BCUT2D eigenvalue weighted by Gasteiger charge is 2.22. The Labute approximate surface area is 85.1 Å². The first-order chi connectivity index (χ1) is 6.63. The third-order valence-electron chi connectivity index (χ3n) is 3.04. The molecule has 0 heterocycles. The van der Waals surface area contributed by atoms with E-state index in [1.165, 1.54) is 27.8 Å². The standard InChI is InChI=1S/C13H16O/c1-8-4-9(2)11-6-10(3)13(7-14)12(11)5-8/h4-6,13-14H,7H2,1-3H3. The van der Waals surface area contributed by atoms with Gasteiger partial charge in [-0.15, -0.1) is 0 Å². The zero-order valence-corrected chi connectivity index (χ0v) is 8.96. The molecule has 0 radical (unpaired) electrons. The van der Waals surface area contributed by atoms with Crippen molar-refractivity contribution in [2.24, 2.45) is 0 Å². The van der Waals surface area contributed by atoms with Crippen LogP contribution in [0.25, 0.3) is 6.08 Å². The molecule has 1 unspecified atom stereocenters. The smallest absolute Gasteiger partial charge is 0.0537 e. The summed E-state index contributed by atoms with van der Waals surface area (Å²) in [6, 6.07) is 4.39. The summed E-state index contributed by atoms with van der Waals surface area (Å²) in [5, 5.41) is 9.32. The van der Waals surface area contributed by atoms with Crippen molar-refractivity contribution in [1.29, 1.82) is 0 Å². The van der Waals surface area contributed by atoms with Gasteiger partial charge in [0.2, 0.25) is 0 Å². The van der Waals surface area contributed by atoms with Gasteiger partial charge >= 0.3 is 0 Å². The van der Waals surface area contributed by atoms with Crippen LogP contribution in [0.4, 0.5) is 0 Å². The second kappa shape index (κ2) is 3.25. The summed E-state index contributed by atoms with van der Waals surface area (Å²) in [4.78, 5) is 0. The van der Waals surface area contributed by atoms with Crippen LogP contribution in [-0.2, 0) is 0 Å². The third kappa shape index (κ3) is 1.28. The van der Waals surface area contributed by atoms with Crippen LogP contribution in [0.2, 0.25) is 0 Å². The second-order valence-corrected chi connectivity index (χ2v) is 4.21. The lowest BCUT2D eigenvalue weighted by Crippen LogP contribution is -2.03. The Balaban J connectivity index is 2.60. The highest BCUT2D eigenvalue weighted by atomic mass is 16.3. The number of hydrogen-bond donors (Lipinski definition) is 1. The van der Waals surface area contributed by atoms with Crippen LogP contribution >= 0.6 is 0 Å². The molecule has 0 amide bonds. The van der Waals surface area contributed by atoms with Gasteiger partial charge in [0.25, 0.3) is 0 Å². The molecule has 1 nitrogen and oxygen atoms in total. The van der Waals surface area contributed by atoms with Crippen molar-refractivity contribution in [3.05, 3.63) is 40.0 Å². The van der Waals surface area contributed by atoms with Gasteiger partial charge in [0.05, 0.1) is 6.61 Å². The maximum Gasteiger partial charge on any atom is 0.0537 e. The SMILES string of the molecule is CC1=Cc2c(C)cc(C)cc2C1CO. The number of fused-ring (bicyclic) bond motifs is 1. The van der Waals surface area contributed by atoms with E-state index in [1.54, 1.807) is 0 Å². The first-order valence-electron chi connectivity index (χ1n) is 5.03. The van der Waals surface area contributed by atoms with E-state index in [4.69, 9.17) is 0 Å². The molecule has 1 N–H and O–H groups in total. The van der Waals surface area contributed by atoms with E-state index in [9.17, 15) is 5.11 Å². The van der Waals surface area contributed by atoms with Crippen molar-refractivity contribution < 1.29 is 5.11 Å². The van der Waals surface area contributed by atoms with Gasteiger partial charge in [-0.3, -0.25) is 0 Å². The Morgan fingerprint density at radius 3 is 2.57 bits per heavy atom. The normalized spacial score (nSPS) is 19.4. The largest absolute Gasteiger partial charge is 0.395 e. The monoisotopic (exact) mass is 188 g/mol. The fraction of sp³-hybridized carbons (Fsp3) is 0.385. The summed E-state index contributed by atoms with van der Waals surface area (Å²) < 4.78 is 0. The lowest BCUT2D eigenvalue weighted by Gasteiger charge is -2.12. The minimum absolute atomic E-state index is 0.220. The van der Waals surface area contributed by atoms with Gasteiger partial charge < -0.3 is 5.11 Å². The molecule has 14 heavy (non-hydrogen) atoms. The molecule has 0 aromatic heterocycles. The summed E-state index contributed by atoms with van der Waals surface area (Å²) >= 11 is 0. The maximum absolute atomic E-state index is 9.32. The first kappa shape index (κ1) is 9.47. The van der Waals surface area contributed by atoms with E-state index in [1.807, 2.05) is 0 Å². The molecule has 1 atom stereocenters. The molecule has 0 saturated heterocycles. The number of rotatable bonds is 1. The molecule has 1 aromatic rings. The summed E-state index contributed by atoms with van der Waals surface area (Å²) in [7, 11) is 0. The molecule has 1 aliphatic carbocycles. The van der Waals surface area contributed by atoms with E-state index in [2.05, 4.69) is 39.0 Å². The molecule has 1 heteroatoms. The number of aliphatic hydroxyl groups excluding tert-OH is 1. The quantitative estimate of drug-likeness (QED) is 0.718. The van der Waals surface area contributed by atoms with Gasteiger partial charge in [-0.2, -0.15) is 0 Å². The zero-order chi connectivity index (χ0) is 10.3. The zero-order valence-electron chi connectivity index (χ0n) is 8.96. The van der Waals surface area contributed by atoms with Crippen molar-refractivity contribution in [1.82, 2.24) is 0 Å². The number of benzene rings is 1. The van der Waals surface area contributed by atoms with Crippen LogP contribution in [0, 0.1) is 13.8 Å².